The van der Waals surface area contributed by atoms with Crippen molar-refractivity contribution in [3.05, 3.63) is 52.8 Å². The topological polar surface area (TPSA) is 33.0 Å². The van der Waals surface area contributed by atoms with E-state index in [9.17, 15) is 30.7 Å². The number of hydrogen-bond donors (Lipinski definition) is 0. The fraction of sp³-hybridized carbons (Fsp3) is 0.188. The molecule has 0 aromatic heterocycles. The summed E-state index contributed by atoms with van der Waals surface area (Å²) in [5, 5.41) is 4.67. The standard InChI is InChI=1S/C16H6F7NOS/c17-8-3-7(6-24)4-9(5-8)25-11-2-1-10(15(19,20)21)13-12(11)14(18)16(22,23)26-13/h1-5,14H. The minimum Gasteiger partial charge on any atom is -0.457 e. The highest BCUT2D eigenvalue weighted by molar-refractivity contribution is 8.00. The van der Waals surface area contributed by atoms with Crippen LogP contribution < -0.4 is 4.74 Å². The summed E-state index contributed by atoms with van der Waals surface area (Å²) in [6.45, 7) is 0. The minimum absolute atomic E-state index is 0.167. The highest BCUT2D eigenvalue weighted by atomic mass is 32.2. The van der Waals surface area contributed by atoms with E-state index >= 15 is 0 Å². The Labute approximate surface area is 146 Å². The van der Waals surface area contributed by atoms with Crippen LogP contribution in [0.5, 0.6) is 11.5 Å². The van der Waals surface area contributed by atoms with E-state index in [2.05, 4.69) is 0 Å². The van der Waals surface area contributed by atoms with Gasteiger partial charge in [0, 0.05) is 11.0 Å². The van der Waals surface area contributed by atoms with Crippen LogP contribution >= 0.6 is 11.8 Å². The third kappa shape index (κ3) is 3.19. The molecule has 0 saturated heterocycles. The van der Waals surface area contributed by atoms with Gasteiger partial charge in [-0.15, -0.1) is 0 Å². The normalized spacial score (nSPS) is 18.3. The number of thioether (sulfide) groups is 1. The Morgan fingerprint density at radius 2 is 1.85 bits per heavy atom. The lowest BCUT2D eigenvalue weighted by Gasteiger charge is -2.15. The van der Waals surface area contributed by atoms with E-state index in [0.717, 1.165) is 18.2 Å². The first-order valence-electron chi connectivity index (χ1n) is 6.86. The number of rotatable bonds is 2. The van der Waals surface area contributed by atoms with Crippen molar-refractivity contribution in [1.82, 2.24) is 0 Å². The number of nitriles is 1. The summed E-state index contributed by atoms with van der Waals surface area (Å²) < 4.78 is 99.1. The van der Waals surface area contributed by atoms with Crippen LogP contribution in [0.3, 0.4) is 0 Å². The van der Waals surface area contributed by atoms with Gasteiger partial charge in [0.25, 0.3) is 0 Å². The first-order valence-corrected chi connectivity index (χ1v) is 7.68. The summed E-state index contributed by atoms with van der Waals surface area (Å²) in [6, 6.07) is 5.50. The van der Waals surface area contributed by atoms with Crippen LogP contribution in [0, 0.1) is 17.1 Å². The molecular weight excluding hydrogens is 387 g/mol. The van der Waals surface area contributed by atoms with Crippen LogP contribution in [0.2, 0.25) is 0 Å². The third-order valence-corrected chi connectivity index (χ3v) is 4.60. The molecule has 0 bridgehead atoms. The summed E-state index contributed by atoms with van der Waals surface area (Å²) in [6.07, 6.45) is -8.01. The van der Waals surface area contributed by atoms with Crippen LogP contribution in [-0.2, 0) is 6.18 Å². The van der Waals surface area contributed by atoms with Gasteiger partial charge in [0.15, 0.2) is 0 Å². The SMILES string of the molecule is N#Cc1cc(F)cc(Oc2ccc(C(F)(F)F)c3c2C(F)C(F)(F)S3)c1. The summed E-state index contributed by atoms with van der Waals surface area (Å²) in [7, 11) is 0. The minimum atomic E-state index is -4.97. The Kier molecular flexibility index (Phi) is 4.30. The van der Waals surface area contributed by atoms with Gasteiger partial charge in [-0.1, -0.05) is 0 Å². The van der Waals surface area contributed by atoms with Crippen molar-refractivity contribution in [1.29, 1.82) is 5.26 Å². The Balaban J connectivity index is 2.12. The average Bonchev–Trinajstić information content (AvgIpc) is 2.76. The lowest BCUT2D eigenvalue weighted by molar-refractivity contribution is -0.139. The molecule has 0 N–H and O–H groups in total. The summed E-state index contributed by atoms with van der Waals surface area (Å²) in [4.78, 5) is -0.982. The molecule has 3 rings (SSSR count). The number of ether oxygens (including phenoxy) is 1. The first-order chi connectivity index (χ1) is 12.0. The van der Waals surface area contributed by atoms with Crippen LogP contribution in [0.25, 0.3) is 0 Å². The molecule has 2 aromatic carbocycles. The van der Waals surface area contributed by atoms with Crippen molar-refractivity contribution in [2.24, 2.45) is 0 Å². The lowest BCUT2D eigenvalue weighted by Crippen LogP contribution is -2.12. The maximum atomic E-state index is 14.1. The monoisotopic (exact) mass is 393 g/mol. The van der Waals surface area contributed by atoms with E-state index in [0.29, 0.717) is 12.1 Å². The molecule has 0 saturated carbocycles. The molecule has 1 aliphatic rings. The van der Waals surface area contributed by atoms with Gasteiger partial charge in [-0.05, 0) is 36.0 Å². The quantitative estimate of drug-likeness (QED) is 0.568. The van der Waals surface area contributed by atoms with Crippen LogP contribution in [-0.4, -0.2) is 5.25 Å². The van der Waals surface area contributed by atoms with Gasteiger partial charge in [0.1, 0.15) is 17.3 Å². The molecule has 0 spiro atoms. The van der Waals surface area contributed by atoms with E-state index in [1.165, 1.54) is 0 Å². The molecule has 136 valence electrons. The Morgan fingerprint density at radius 3 is 2.46 bits per heavy atom. The first kappa shape index (κ1) is 18.4. The zero-order valence-electron chi connectivity index (χ0n) is 12.4. The number of hydrogen-bond acceptors (Lipinski definition) is 3. The van der Waals surface area contributed by atoms with Gasteiger partial charge < -0.3 is 4.74 Å². The zero-order chi connectivity index (χ0) is 19.3. The fourth-order valence-electron chi connectivity index (χ4n) is 2.41. The van der Waals surface area contributed by atoms with E-state index in [1.54, 1.807) is 6.07 Å². The summed E-state index contributed by atoms with van der Waals surface area (Å²) in [5.41, 5.74) is -2.54. The number of alkyl halides is 6. The molecule has 2 nitrogen and oxygen atoms in total. The van der Waals surface area contributed by atoms with Crippen molar-refractivity contribution >= 4 is 11.8 Å². The molecule has 1 atom stereocenters. The lowest BCUT2D eigenvalue weighted by atomic mass is 10.0. The van der Waals surface area contributed by atoms with Gasteiger partial charge in [-0.25, -0.2) is 8.78 Å². The second kappa shape index (κ2) is 6.09. The van der Waals surface area contributed by atoms with Gasteiger partial charge in [0.2, 0.25) is 6.17 Å². The number of halogens is 7. The zero-order valence-corrected chi connectivity index (χ0v) is 13.2. The molecule has 10 heteroatoms. The maximum Gasteiger partial charge on any atom is 0.417 e. The third-order valence-electron chi connectivity index (χ3n) is 3.48. The van der Waals surface area contributed by atoms with E-state index < -0.39 is 57.0 Å². The molecule has 1 aliphatic heterocycles. The highest BCUT2D eigenvalue weighted by Crippen LogP contribution is 2.61. The highest BCUT2D eigenvalue weighted by Gasteiger charge is 2.54. The van der Waals surface area contributed by atoms with Gasteiger partial charge in [-0.2, -0.15) is 27.2 Å². The molecule has 0 amide bonds. The fourth-order valence-corrected chi connectivity index (χ4v) is 3.51. The predicted octanol–water partition coefficient (Wildman–Crippen LogP) is 6.22. The van der Waals surface area contributed by atoms with Crippen molar-refractivity contribution in [3.8, 4) is 17.6 Å². The van der Waals surface area contributed by atoms with Gasteiger partial charge in [-0.3, -0.25) is 0 Å². The molecular formula is C16H6F7NOS. The average molecular weight is 393 g/mol. The van der Waals surface area contributed by atoms with E-state index in [4.69, 9.17) is 10.00 Å². The van der Waals surface area contributed by atoms with E-state index in [-0.39, 0.29) is 11.3 Å². The molecule has 1 heterocycles. The van der Waals surface area contributed by atoms with Crippen LogP contribution in [0.1, 0.15) is 22.9 Å². The van der Waals surface area contributed by atoms with Crippen LogP contribution in [0.15, 0.2) is 35.2 Å². The Bertz CT molecular complexity index is 920. The molecule has 2 aromatic rings. The second-order valence-electron chi connectivity index (χ2n) is 5.27. The molecule has 0 fully saturated rings. The maximum absolute atomic E-state index is 14.1. The van der Waals surface area contributed by atoms with Crippen molar-refractivity contribution in [2.75, 3.05) is 0 Å². The van der Waals surface area contributed by atoms with Crippen molar-refractivity contribution < 1.29 is 35.5 Å². The van der Waals surface area contributed by atoms with E-state index in [1.807, 2.05) is 0 Å². The Morgan fingerprint density at radius 1 is 1.15 bits per heavy atom. The number of benzene rings is 2. The van der Waals surface area contributed by atoms with Gasteiger partial charge in [0.05, 0.1) is 22.8 Å². The smallest absolute Gasteiger partial charge is 0.417 e. The van der Waals surface area contributed by atoms with Crippen LogP contribution in [0.4, 0.5) is 30.7 Å². The second-order valence-corrected chi connectivity index (χ2v) is 6.42. The molecule has 0 radical (unpaired) electrons. The predicted molar refractivity (Wildman–Crippen MR) is 77.3 cm³/mol. The number of nitrogens with zero attached hydrogens (tertiary/aromatic N) is 1. The largest absolute Gasteiger partial charge is 0.457 e. The Hall–Kier alpha value is -2.41. The summed E-state index contributed by atoms with van der Waals surface area (Å²) >= 11 is -0.544. The number of fused-ring (bicyclic) bond motifs is 1. The molecule has 26 heavy (non-hydrogen) atoms. The summed E-state index contributed by atoms with van der Waals surface area (Å²) in [5.74, 6) is -1.84. The van der Waals surface area contributed by atoms with Crippen molar-refractivity contribution in [2.45, 2.75) is 22.5 Å². The molecule has 1 unspecified atom stereocenters. The van der Waals surface area contributed by atoms with Crippen molar-refractivity contribution in [3.63, 3.8) is 0 Å². The molecule has 0 aliphatic carbocycles. The van der Waals surface area contributed by atoms with Gasteiger partial charge >= 0.3 is 11.4 Å².